The summed E-state index contributed by atoms with van der Waals surface area (Å²) in [7, 11) is 3.57. The number of piperazine rings is 1. The van der Waals surface area contributed by atoms with E-state index in [-0.39, 0.29) is 40.1 Å². The average molecular weight is 560 g/mol. The third-order valence-electron chi connectivity index (χ3n) is 5.59. The number of nitriles is 1. The number of rotatable bonds is 7. The highest BCUT2D eigenvalue weighted by atomic mass is 35.5. The number of halogens is 2. The van der Waals surface area contributed by atoms with Crippen molar-refractivity contribution >= 4 is 46.8 Å². The number of carbonyl (C=O) groups excluding carboxylic acids is 1. The lowest BCUT2D eigenvalue weighted by atomic mass is 10.1. The first-order valence-electron chi connectivity index (χ1n) is 11.1. The van der Waals surface area contributed by atoms with Crippen molar-refractivity contribution in [2.75, 3.05) is 52.7 Å². The quantitative estimate of drug-likeness (QED) is 0.454. The molecule has 2 heterocycles. The van der Waals surface area contributed by atoms with Crippen molar-refractivity contribution in [2.24, 2.45) is 0 Å². The van der Waals surface area contributed by atoms with Crippen molar-refractivity contribution in [3.8, 4) is 29.0 Å². The number of aromatic nitrogens is 3. The molecule has 1 aliphatic rings. The third kappa shape index (κ3) is 6.34. The second-order valence-electron chi connectivity index (χ2n) is 8.07. The summed E-state index contributed by atoms with van der Waals surface area (Å²) in [4.78, 5) is 30.6. The van der Waals surface area contributed by atoms with Crippen molar-refractivity contribution in [1.82, 2.24) is 24.8 Å². The molecule has 0 radical (unpaired) electrons. The topological polar surface area (TPSA) is 130 Å². The number of nitrogens with zero attached hydrogens (tertiary/aromatic N) is 6. The predicted molar refractivity (Wildman–Crippen MR) is 141 cm³/mol. The summed E-state index contributed by atoms with van der Waals surface area (Å²) >= 11 is 13.8. The minimum Gasteiger partial charge on any atom is -0.496 e. The molecular weight excluding hydrogens is 537 g/mol. The van der Waals surface area contributed by atoms with Gasteiger partial charge < -0.3 is 25.0 Å². The van der Waals surface area contributed by atoms with Crippen molar-refractivity contribution < 1.29 is 14.3 Å². The van der Waals surface area contributed by atoms with Crippen LogP contribution in [0.25, 0.3) is 11.4 Å². The van der Waals surface area contributed by atoms with Gasteiger partial charge in [0.25, 0.3) is 5.91 Å². The van der Waals surface area contributed by atoms with Crippen molar-refractivity contribution in [1.29, 1.82) is 5.26 Å². The Morgan fingerprint density at radius 3 is 2.57 bits per heavy atom. The normalized spacial score (nSPS) is 13.8. The van der Waals surface area contributed by atoms with E-state index in [2.05, 4.69) is 19.9 Å². The highest BCUT2D eigenvalue weighted by molar-refractivity contribution is 7.99. The van der Waals surface area contributed by atoms with Crippen LogP contribution in [-0.2, 0) is 0 Å². The molecule has 0 bridgehead atoms. The van der Waals surface area contributed by atoms with Gasteiger partial charge in [-0.1, -0.05) is 23.2 Å². The number of nitrogens with two attached hydrogens (primary N) is 1. The fourth-order valence-corrected chi connectivity index (χ4v) is 5.00. The molecule has 13 heteroatoms. The molecule has 1 aliphatic heterocycles. The Labute approximate surface area is 228 Å². The summed E-state index contributed by atoms with van der Waals surface area (Å²) < 4.78 is 10.9. The molecule has 0 saturated carbocycles. The van der Waals surface area contributed by atoms with Crippen LogP contribution < -0.4 is 15.2 Å². The average Bonchev–Trinajstić information content (AvgIpc) is 2.88. The van der Waals surface area contributed by atoms with E-state index in [9.17, 15) is 4.79 Å². The Morgan fingerprint density at radius 2 is 1.86 bits per heavy atom. The van der Waals surface area contributed by atoms with Crippen LogP contribution >= 0.6 is 35.0 Å². The Bertz CT molecular complexity index is 1360. The van der Waals surface area contributed by atoms with Crippen molar-refractivity contribution in [2.45, 2.75) is 10.1 Å². The van der Waals surface area contributed by atoms with Gasteiger partial charge in [-0.3, -0.25) is 4.79 Å². The Balaban J connectivity index is 1.60. The van der Waals surface area contributed by atoms with Crippen LogP contribution in [0.4, 0.5) is 5.95 Å². The second kappa shape index (κ2) is 11.8. The maximum absolute atomic E-state index is 13.0. The van der Waals surface area contributed by atoms with Gasteiger partial charge in [0.2, 0.25) is 5.95 Å². The van der Waals surface area contributed by atoms with Gasteiger partial charge in [-0.15, -0.1) is 0 Å². The number of hydrogen-bond acceptors (Lipinski definition) is 10. The molecule has 1 saturated heterocycles. The predicted octanol–water partition coefficient (Wildman–Crippen LogP) is 3.88. The molecule has 4 rings (SSSR count). The zero-order valence-electron chi connectivity index (χ0n) is 20.1. The number of methoxy groups -OCH3 is 1. The SMILES string of the molecule is COc1cc(C(=O)N2CCN(C)CC2)ccc1Sc1nc(N)nc(-c2cc(OCC#N)c(Cl)cc2Cl)n1. The Kier molecular flexibility index (Phi) is 8.56. The lowest BCUT2D eigenvalue weighted by Crippen LogP contribution is -2.47. The second-order valence-corrected chi connectivity index (χ2v) is 9.90. The van der Waals surface area contributed by atoms with Gasteiger partial charge in [0, 0.05) is 37.3 Å². The molecule has 0 spiro atoms. The van der Waals surface area contributed by atoms with E-state index in [4.69, 9.17) is 43.7 Å². The zero-order valence-corrected chi connectivity index (χ0v) is 22.4. The first kappa shape index (κ1) is 26.8. The highest BCUT2D eigenvalue weighted by Gasteiger charge is 2.22. The molecule has 2 aromatic carbocycles. The molecular formula is C24H23Cl2N7O3S. The molecule has 0 atom stereocenters. The molecule has 1 fully saturated rings. The summed E-state index contributed by atoms with van der Waals surface area (Å²) in [5.74, 6) is 0.917. The lowest BCUT2D eigenvalue weighted by molar-refractivity contribution is 0.0663. The zero-order chi connectivity index (χ0) is 26.5. The molecule has 1 aromatic heterocycles. The number of likely N-dealkylation sites (N-methyl/N-ethyl adjacent to an activating group) is 1. The molecule has 2 N–H and O–H groups in total. The van der Waals surface area contributed by atoms with Crippen molar-refractivity contribution in [3.05, 3.63) is 45.9 Å². The number of nitrogen functional groups attached to an aromatic ring is 1. The van der Waals surface area contributed by atoms with Crippen LogP contribution in [0.2, 0.25) is 10.0 Å². The van der Waals surface area contributed by atoms with Gasteiger partial charge in [0.1, 0.15) is 17.6 Å². The molecule has 10 nitrogen and oxygen atoms in total. The van der Waals surface area contributed by atoms with Gasteiger partial charge in [-0.25, -0.2) is 4.98 Å². The van der Waals surface area contributed by atoms with Crippen LogP contribution in [-0.4, -0.2) is 77.6 Å². The van der Waals surface area contributed by atoms with Gasteiger partial charge in [-0.2, -0.15) is 15.2 Å². The minimum absolute atomic E-state index is 0.0150. The number of carbonyl (C=O) groups is 1. The molecule has 1 amide bonds. The summed E-state index contributed by atoms with van der Waals surface area (Å²) in [6, 6.07) is 10.2. The van der Waals surface area contributed by atoms with Crippen LogP contribution in [0.5, 0.6) is 11.5 Å². The van der Waals surface area contributed by atoms with Crippen LogP contribution in [0.15, 0.2) is 40.4 Å². The van der Waals surface area contributed by atoms with Crippen LogP contribution in [0, 0.1) is 11.3 Å². The number of ether oxygens (including phenoxy) is 2. The van der Waals surface area contributed by atoms with E-state index in [0.29, 0.717) is 40.0 Å². The molecule has 3 aromatic rings. The lowest BCUT2D eigenvalue weighted by Gasteiger charge is -2.32. The van der Waals surface area contributed by atoms with Gasteiger partial charge in [0.05, 0.1) is 22.1 Å². The monoisotopic (exact) mass is 559 g/mol. The van der Waals surface area contributed by atoms with E-state index in [1.165, 1.54) is 24.9 Å². The van der Waals surface area contributed by atoms with Crippen LogP contribution in [0.3, 0.4) is 0 Å². The van der Waals surface area contributed by atoms with Crippen LogP contribution in [0.1, 0.15) is 10.4 Å². The van der Waals surface area contributed by atoms with E-state index >= 15 is 0 Å². The standard InChI is InChI=1S/C24H23Cl2N7O3S/c1-32-6-8-33(9-7-32)22(34)14-3-4-20(19(11-14)35-2)37-24-30-21(29-23(28)31-24)15-12-18(36-10-5-27)17(26)13-16(15)25/h3-4,11-13H,6-10H2,1-2H3,(H2,28,29,30,31). The molecule has 0 aliphatic carbocycles. The van der Waals surface area contributed by atoms with Gasteiger partial charge in [-0.05, 0) is 49.1 Å². The third-order valence-corrected chi connectivity index (χ3v) is 7.12. The number of benzene rings is 2. The summed E-state index contributed by atoms with van der Waals surface area (Å²) in [5.41, 5.74) is 6.92. The van der Waals surface area contributed by atoms with E-state index in [0.717, 1.165) is 13.1 Å². The highest BCUT2D eigenvalue weighted by Crippen LogP contribution is 2.38. The fraction of sp³-hybridized carbons (Fsp3) is 0.292. The largest absolute Gasteiger partial charge is 0.496 e. The summed E-state index contributed by atoms with van der Waals surface area (Å²) in [5, 5.41) is 9.63. The minimum atomic E-state index is -0.186. The molecule has 0 unspecified atom stereocenters. The molecule has 192 valence electrons. The number of anilines is 1. The number of hydrogen-bond donors (Lipinski definition) is 1. The summed E-state index contributed by atoms with van der Waals surface area (Å²) in [6.07, 6.45) is 0. The first-order valence-corrected chi connectivity index (χ1v) is 12.7. The van der Waals surface area contributed by atoms with Gasteiger partial charge in [0.15, 0.2) is 17.6 Å². The van der Waals surface area contributed by atoms with E-state index in [1.54, 1.807) is 24.3 Å². The smallest absolute Gasteiger partial charge is 0.254 e. The maximum Gasteiger partial charge on any atom is 0.254 e. The maximum atomic E-state index is 13.0. The fourth-order valence-electron chi connectivity index (χ4n) is 3.63. The van der Waals surface area contributed by atoms with Gasteiger partial charge >= 0.3 is 0 Å². The Morgan fingerprint density at radius 1 is 1.11 bits per heavy atom. The van der Waals surface area contributed by atoms with E-state index in [1.807, 2.05) is 18.0 Å². The number of amides is 1. The Hall–Kier alpha value is -3.30. The molecule has 37 heavy (non-hydrogen) atoms. The van der Waals surface area contributed by atoms with E-state index < -0.39 is 0 Å². The van der Waals surface area contributed by atoms with Crippen molar-refractivity contribution in [3.63, 3.8) is 0 Å². The summed E-state index contributed by atoms with van der Waals surface area (Å²) in [6.45, 7) is 2.84. The first-order chi connectivity index (χ1) is 17.8.